The molecule has 1 fully saturated rings. The molecule has 0 aliphatic carbocycles. The maximum absolute atomic E-state index is 11.3. The maximum Gasteiger partial charge on any atom is 0.292 e. The van der Waals surface area contributed by atoms with Crippen LogP contribution in [0.5, 0.6) is 0 Å². The van der Waals surface area contributed by atoms with Gasteiger partial charge in [0.05, 0.1) is 11.3 Å². The van der Waals surface area contributed by atoms with Crippen LogP contribution in [-0.4, -0.2) is 30.5 Å². The molecule has 0 radical (unpaired) electrons. The number of benzene rings is 1. The highest BCUT2D eigenvalue weighted by Gasteiger charge is 2.25. The van der Waals surface area contributed by atoms with Crippen LogP contribution in [0.25, 0.3) is 0 Å². The molecule has 0 saturated carbocycles. The summed E-state index contributed by atoms with van der Waals surface area (Å²) < 4.78 is 0. The molecule has 2 heterocycles. The minimum absolute atomic E-state index is 0.0335. The third kappa shape index (κ3) is 2.44. The van der Waals surface area contributed by atoms with Gasteiger partial charge in [-0.2, -0.15) is 0 Å². The van der Waals surface area contributed by atoms with E-state index in [0.29, 0.717) is 29.4 Å². The van der Waals surface area contributed by atoms with Gasteiger partial charge in [0.1, 0.15) is 5.69 Å². The standard InChI is InChI=1S/C13H16N4O3/c18-13-4-9-3-12(17(19)20)11(5-10(9)16-13)15-7-8-1-2-14-6-8/h3,5,8,14-15H,1-2,4,6-7H2,(H,16,18). The molecule has 1 aromatic rings. The van der Waals surface area contributed by atoms with Crippen molar-refractivity contribution >= 4 is 23.0 Å². The van der Waals surface area contributed by atoms with E-state index < -0.39 is 4.92 Å². The van der Waals surface area contributed by atoms with E-state index in [0.717, 1.165) is 19.5 Å². The van der Waals surface area contributed by atoms with Gasteiger partial charge in [0.25, 0.3) is 5.69 Å². The lowest BCUT2D eigenvalue weighted by Gasteiger charge is -2.12. The number of nitro benzene ring substituents is 1. The quantitative estimate of drug-likeness (QED) is 0.565. The van der Waals surface area contributed by atoms with Crippen molar-refractivity contribution in [3.8, 4) is 0 Å². The van der Waals surface area contributed by atoms with Crippen molar-refractivity contribution in [3.05, 3.63) is 27.8 Å². The summed E-state index contributed by atoms with van der Waals surface area (Å²) >= 11 is 0. The summed E-state index contributed by atoms with van der Waals surface area (Å²) in [6.07, 6.45) is 1.28. The van der Waals surface area contributed by atoms with Crippen molar-refractivity contribution in [2.24, 2.45) is 5.92 Å². The Morgan fingerprint density at radius 3 is 3.00 bits per heavy atom. The Labute approximate surface area is 115 Å². The zero-order valence-electron chi connectivity index (χ0n) is 10.9. The highest BCUT2D eigenvalue weighted by atomic mass is 16.6. The van der Waals surface area contributed by atoms with Crippen molar-refractivity contribution < 1.29 is 9.72 Å². The minimum atomic E-state index is -0.404. The summed E-state index contributed by atoms with van der Waals surface area (Å²) in [5, 5.41) is 20.3. The first-order valence-corrected chi connectivity index (χ1v) is 6.69. The molecule has 0 spiro atoms. The Hall–Kier alpha value is -2.15. The number of nitrogens with zero attached hydrogens (tertiary/aromatic N) is 1. The number of nitro groups is 1. The SMILES string of the molecule is O=C1Cc2cc([N+](=O)[O-])c(NCC3CCNC3)cc2N1. The molecule has 1 amide bonds. The number of fused-ring (bicyclic) bond motifs is 1. The second-order valence-electron chi connectivity index (χ2n) is 5.25. The Kier molecular flexibility index (Phi) is 3.27. The Bertz CT molecular complexity index is 567. The van der Waals surface area contributed by atoms with E-state index in [4.69, 9.17) is 0 Å². The molecule has 2 aliphatic rings. The van der Waals surface area contributed by atoms with Crippen LogP contribution >= 0.6 is 0 Å². The molecule has 106 valence electrons. The summed E-state index contributed by atoms with van der Waals surface area (Å²) in [6, 6.07) is 3.16. The number of nitrogens with one attached hydrogen (secondary N) is 3. The maximum atomic E-state index is 11.3. The van der Waals surface area contributed by atoms with E-state index in [1.54, 1.807) is 6.07 Å². The molecule has 0 aromatic heterocycles. The lowest BCUT2D eigenvalue weighted by Crippen LogP contribution is -2.17. The normalized spacial score (nSPS) is 20.6. The number of hydrogen-bond donors (Lipinski definition) is 3. The van der Waals surface area contributed by atoms with E-state index in [2.05, 4.69) is 16.0 Å². The van der Waals surface area contributed by atoms with E-state index in [9.17, 15) is 14.9 Å². The fourth-order valence-electron chi connectivity index (χ4n) is 2.70. The minimum Gasteiger partial charge on any atom is -0.379 e. The molecule has 1 aromatic carbocycles. The lowest BCUT2D eigenvalue weighted by atomic mass is 10.1. The number of anilines is 2. The highest BCUT2D eigenvalue weighted by Crippen LogP contribution is 2.34. The third-order valence-electron chi connectivity index (χ3n) is 3.79. The fraction of sp³-hybridized carbons (Fsp3) is 0.462. The molecule has 2 aliphatic heterocycles. The molecule has 0 bridgehead atoms. The largest absolute Gasteiger partial charge is 0.379 e. The number of rotatable bonds is 4. The van der Waals surface area contributed by atoms with Crippen molar-refractivity contribution in [3.63, 3.8) is 0 Å². The van der Waals surface area contributed by atoms with E-state index >= 15 is 0 Å². The van der Waals surface area contributed by atoms with Gasteiger partial charge in [-0.1, -0.05) is 0 Å². The topological polar surface area (TPSA) is 96.3 Å². The van der Waals surface area contributed by atoms with Gasteiger partial charge in [0, 0.05) is 18.3 Å². The van der Waals surface area contributed by atoms with Crippen LogP contribution in [0.3, 0.4) is 0 Å². The fourth-order valence-corrected chi connectivity index (χ4v) is 2.70. The average molecular weight is 276 g/mol. The average Bonchev–Trinajstić information content (AvgIpc) is 3.02. The molecule has 7 heteroatoms. The van der Waals surface area contributed by atoms with Crippen LogP contribution in [0.15, 0.2) is 12.1 Å². The van der Waals surface area contributed by atoms with Crippen molar-refractivity contribution in [1.82, 2.24) is 5.32 Å². The molecule has 1 unspecified atom stereocenters. The van der Waals surface area contributed by atoms with Gasteiger partial charge in [-0.05, 0) is 37.1 Å². The molecule has 1 atom stereocenters. The summed E-state index contributed by atoms with van der Waals surface area (Å²) in [6.45, 7) is 2.62. The Balaban J connectivity index is 1.82. The van der Waals surface area contributed by atoms with Gasteiger partial charge < -0.3 is 16.0 Å². The first-order chi connectivity index (χ1) is 9.63. The van der Waals surface area contributed by atoms with Crippen LogP contribution < -0.4 is 16.0 Å². The summed E-state index contributed by atoms with van der Waals surface area (Å²) in [5.41, 5.74) is 1.87. The first-order valence-electron chi connectivity index (χ1n) is 6.69. The van der Waals surface area contributed by atoms with Crippen LogP contribution in [0, 0.1) is 16.0 Å². The molecular weight excluding hydrogens is 260 g/mol. The third-order valence-corrected chi connectivity index (χ3v) is 3.79. The zero-order valence-corrected chi connectivity index (χ0v) is 10.9. The van der Waals surface area contributed by atoms with E-state index in [1.165, 1.54) is 6.07 Å². The second kappa shape index (κ2) is 5.09. The number of amides is 1. The Morgan fingerprint density at radius 2 is 2.30 bits per heavy atom. The van der Waals surface area contributed by atoms with Gasteiger partial charge in [-0.3, -0.25) is 14.9 Å². The van der Waals surface area contributed by atoms with Gasteiger partial charge in [-0.15, -0.1) is 0 Å². The zero-order chi connectivity index (χ0) is 14.1. The van der Waals surface area contributed by atoms with E-state index in [1.807, 2.05) is 0 Å². The summed E-state index contributed by atoms with van der Waals surface area (Å²) in [4.78, 5) is 22.1. The number of hydrogen-bond acceptors (Lipinski definition) is 5. The molecule has 3 N–H and O–H groups in total. The highest BCUT2D eigenvalue weighted by molar-refractivity contribution is 6.00. The number of carbonyl (C=O) groups excluding carboxylic acids is 1. The first kappa shape index (κ1) is 12.9. The summed E-state index contributed by atoms with van der Waals surface area (Å²) in [7, 11) is 0. The smallest absolute Gasteiger partial charge is 0.292 e. The van der Waals surface area contributed by atoms with Gasteiger partial charge in [0.15, 0.2) is 0 Å². The van der Waals surface area contributed by atoms with Gasteiger partial charge in [0.2, 0.25) is 5.91 Å². The molecule has 7 nitrogen and oxygen atoms in total. The lowest BCUT2D eigenvalue weighted by molar-refractivity contribution is -0.384. The molecule has 3 rings (SSSR count). The van der Waals surface area contributed by atoms with E-state index in [-0.39, 0.29) is 18.0 Å². The van der Waals surface area contributed by atoms with Crippen LogP contribution in [-0.2, 0) is 11.2 Å². The molecule has 20 heavy (non-hydrogen) atoms. The molecular formula is C13H16N4O3. The van der Waals surface area contributed by atoms with Crippen molar-refractivity contribution in [2.45, 2.75) is 12.8 Å². The molecule has 1 saturated heterocycles. The van der Waals surface area contributed by atoms with Gasteiger partial charge >= 0.3 is 0 Å². The van der Waals surface area contributed by atoms with Crippen molar-refractivity contribution in [2.75, 3.05) is 30.3 Å². The van der Waals surface area contributed by atoms with Crippen LogP contribution in [0.1, 0.15) is 12.0 Å². The second-order valence-corrected chi connectivity index (χ2v) is 5.25. The summed E-state index contributed by atoms with van der Waals surface area (Å²) in [5.74, 6) is 0.365. The number of carbonyl (C=O) groups is 1. The van der Waals surface area contributed by atoms with Crippen molar-refractivity contribution in [1.29, 1.82) is 0 Å². The van der Waals surface area contributed by atoms with Gasteiger partial charge in [-0.25, -0.2) is 0 Å². The predicted octanol–water partition coefficient (Wildman–Crippen LogP) is 1.11. The Morgan fingerprint density at radius 1 is 1.45 bits per heavy atom. The van der Waals surface area contributed by atoms with Crippen LogP contribution in [0.2, 0.25) is 0 Å². The predicted molar refractivity (Wildman–Crippen MR) is 74.9 cm³/mol. The van der Waals surface area contributed by atoms with Crippen LogP contribution in [0.4, 0.5) is 17.1 Å². The monoisotopic (exact) mass is 276 g/mol.